The summed E-state index contributed by atoms with van der Waals surface area (Å²) in [6.45, 7) is 9.26. The zero-order chi connectivity index (χ0) is 11.1. The Hall–Kier alpha value is -0.560. The number of hydrogen-bond acceptors (Lipinski definition) is 1. The van der Waals surface area contributed by atoms with Crippen LogP contribution in [0.25, 0.3) is 0 Å². The van der Waals surface area contributed by atoms with Crippen molar-refractivity contribution < 1.29 is 5.11 Å². The second-order valence-corrected chi connectivity index (χ2v) is 5.44. The highest BCUT2D eigenvalue weighted by Crippen LogP contribution is 2.56. The summed E-state index contributed by atoms with van der Waals surface area (Å²) in [6, 6.07) is 0. The van der Waals surface area contributed by atoms with E-state index in [0.29, 0.717) is 11.3 Å². The van der Waals surface area contributed by atoms with Crippen molar-refractivity contribution in [2.75, 3.05) is 6.61 Å². The van der Waals surface area contributed by atoms with Crippen LogP contribution in [0.5, 0.6) is 0 Å². The van der Waals surface area contributed by atoms with E-state index in [1.54, 1.807) is 0 Å². The lowest BCUT2D eigenvalue weighted by Gasteiger charge is -2.50. The minimum atomic E-state index is 0.186. The van der Waals surface area contributed by atoms with Gasteiger partial charge in [0.05, 0.1) is 6.61 Å². The fourth-order valence-electron chi connectivity index (χ4n) is 3.38. The topological polar surface area (TPSA) is 20.2 Å². The highest BCUT2D eigenvalue weighted by molar-refractivity contribution is 5.31. The van der Waals surface area contributed by atoms with Gasteiger partial charge in [0.25, 0.3) is 0 Å². The molecule has 2 fully saturated rings. The Labute approximate surface area is 92.9 Å². The maximum Gasteiger partial charge on any atom is 0.0615 e. The second kappa shape index (κ2) is 3.79. The Kier molecular flexibility index (Phi) is 2.76. The molecule has 3 atom stereocenters. The molecule has 0 saturated heterocycles. The molecule has 0 aromatic carbocycles. The zero-order valence-electron chi connectivity index (χ0n) is 9.92. The molecule has 0 amide bonds. The van der Waals surface area contributed by atoms with Crippen molar-refractivity contribution in [2.45, 2.75) is 39.5 Å². The van der Waals surface area contributed by atoms with Crippen LogP contribution in [-0.4, -0.2) is 11.7 Å². The molecule has 0 heterocycles. The molecule has 0 aliphatic heterocycles. The molecule has 84 valence electrons. The van der Waals surface area contributed by atoms with E-state index < -0.39 is 0 Å². The molecule has 15 heavy (non-hydrogen) atoms. The van der Waals surface area contributed by atoms with Crippen molar-refractivity contribution in [2.24, 2.45) is 17.3 Å². The summed E-state index contributed by atoms with van der Waals surface area (Å²) in [6.07, 6.45) is 6.93. The van der Waals surface area contributed by atoms with Crippen LogP contribution in [0.2, 0.25) is 0 Å². The van der Waals surface area contributed by atoms with Crippen molar-refractivity contribution >= 4 is 0 Å². The SMILES string of the molecule is C=C1[C@H]2CC[C@@H](C)[C@]1(C)CC/C2=C\CO. The van der Waals surface area contributed by atoms with Gasteiger partial charge in [0.15, 0.2) is 0 Å². The first-order valence-corrected chi connectivity index (χ1v) is 6.08. The minimum absolute atomic E-state index is 0.186. The standard InChI is InChI=1S/C14H22O/c1-10-4-5-13-11(2)14(10,3)8-6-12(13)7-9-15/h7,10,13,15H,2,4-6,8-9H2,1,3H3/b12-7+/t10-,13-,14+/m1/s1. The average molecular weight is 206 g/mol. The van der Waals surface area contributed by atoms with E-state index in [0.717, 1.165) is 12.3 Å². The van der Waals surface area contributed by atoms with Gasteiger partial charge in [-0.1, -0.05) is 37.6 Å². The molecule has 2 aliphatic rings. The van der Waals surface area contributed by atoms with Gasteiger partial charge in [0.1, 0.15) is 0 Å². The summed E-state index contributed by atoms with van der Waals surface area (Å²) in [7, 11) is 0. The summed E-state index contributed by atoms with van der Waals surface area (Å²) < 4.78 is 0. The molecule has 0 spiro atoms. The Morgan fingerprint density at radius 3 is 2.93 bits per heavy atom. The number of allylic oxidation sites excluding steroid dienone is 2. The third kappa shape index (κ3) is 1.57. The van der Waals surface area contributed by atoms with Gasteiger partial charge in [-0.25, -0.2) is 0 Å². The first-order valence-electron chi connectivity index (χ1n) is 6.08. The Bertz CT molecular complexity index is 302. The molecule has 2 saturated carbocycles. The molecular formula is C14H22O. The molecule has 1 heteroatoms. The van der Waals surface area contributed by atoms with Gasteiger partial charge in [-0.15, -0.1) is 0 Å². The van der Waals surface area contributed by atoms with E-state index in [1.165, 1.54) is 30.4 Å². The third-order valence-electron chi connectivity index (χ3n) is 4.86. The number of rotatable bonds is 1. The molecule has 0 unspecified atom stereocenters. The van der Waals surface area contributed by atoms with E-state index in [-0.39, 0.29) is 6.61 Å². The highest BCUT2D eigenvalue weighted by atomic mass is 16.2. The predicted molar refractivity (Wildman–Crippen MR) is 63.5 cm³/mol. The summed E-state index contributed by atoms with van der Waals surface area (Å²) in [5.74, 6) is 1.34. The monoisotopic (exact) mass is 206 g/mol. The largest absolute Gasteiger partial charge is 0.392 e. The number of aliphatic hydroxyl groups is 1. The number of hydrogen-bond donors (Lipinski definition) is 1. The van der Waals surface area contributed by atoms with Gasteiger partial charge >= 0.3 is 0 Å². The van der Waals surface area contributed by atoms with Crippen LogP contribution in [0, 0.1) is 17.3 Å². The maximum absolute atomic E-state index is 9.01. The Morgan fingerprint density at radius 1 is 1.53 bits per heavy atom. The smallest absolute Gasteiger partial charge is 0.0615 e. The fourth-order valence-corrected chi connectivity index (χ4v) is 3.38. The first-order chi connectivity index (χ1) is 7.09. The molecule has 2 aliphatic carbocycles. The Morgan fingerprint density at radius 2 is 2.27 bits per heavy atom. The summed E-state index contributed by atoms with van der Waals surface area (Å²) in [5, 5.41) is 9.01. The lowest BCUT2D eigenvalue weighted by Crippen LogP contribution is -2.39. The molecule has 1 nitrogen and oxygen atoms in total. The normalized spacial score (nSPS) is 43.4. The van der Waals surface area contributed by atoms with Crippen LogP contribution in [0.4, 0.5) is 0 Å². The molecule has 2 bridgehead atoms. The van der Waals surface area contributed by atoms with Crippen LogP contribution in [0.3, 0.4) is 0 Å². The molecule has 1 N–H and O–H groups in total. The van der Waals surface area contributed by atoms with Crippen molar-refractivity contribution in [3.63, 3.8) is 0 Å². The quantitative estimate of drug-likeness (QED) is 0.653. The van der Waals surface area contributed by atoms with Crippen molar-refractivity contribution in [1.29, 1.82) is 0 Å². The Balaban J connectivity index is 2.29. The fraction of sp³-hybridized carbons (Fsp3) is 0.714. The van der Waals surface area contributed by atoms with E-state index in [2.05, 4.69) is 20.4 Å². The summed E-state index contributed by atoms with van der Waals surface area (Å²) in [5.41, 5.74) is 3.22. The van der Waals surface area contributed by atoms with Gasteiger partial charge in [0.2, 0.25) is 0 Å². The molecule has 0 aromatic heterocycles. The van der Waals surface area contributed by atoms with Gasteiger partial charge < -0.3 is 5.11 Å². The average Bonchev–Trinajstić information content (AvgIpc) is 2.21. The third-order valence-corrected chi connectivity index (χ3v) is 4.86. The number of aliphatic hydroxyl groups excluding tert-OH is 1. The summed E-state index contributed by atoms with van der Waals surface area (Å²) in [4.78, 5) is 0. The van der Waals surface area contributed by atoms with Crippen LogP contribution < -0.4 is 0 Å². The summed E-state index contributed by atoms with van der Waals surface area (Å²) >= 11 is 0. The molecule has 0 aromatic rings. The minimum Gasteiger partial charge on any atom is -0.392 e. The zero-order valence-corrected chi connectivity index (χ0v) is 9.92. The van der Waals surface area contributed by atoms with E-state index in [4.69, 9.17) is 5.11 Å². The first kappa shape index (κ1) is 10.9. The lowest BCUT2D eigenvalue weighted by atomic mass is 9.54. The van der Waals surface area contributed by atoms with Crippen molar-refractivity contribution in [3.8, 4) is 0 Å². The second-order valence-electron chi connectivity index (χ2n) is 5.44. The van der Waals surface area contributed by atoms with Gasteiger partial charge in [0, 0.05) is 5.92 Å². The van der Waals surface area contributed by atoms with E-state index in [1.807, 2.05) is 6.08 Å². The number of fused-ring (bicyclic) bond motifs is 2. The molecular weight excluding hydrogens is 184 g/mol. The van der Waals surface area contributed by atoms with Crippen molar-refractivity contribution in [1.82, 2.24) is 0 Å². The highest BCUT2D eigenvalue weighted by Gasteiger charge is 2.44. The lowest BCUT2D eigenvalue weighted by molar-refractivity contribution is 0.141. The van der Waals surface area contributed by atoms with Gasteiger partial charge in [-0.2, -0.15) is 0 Å². The van der Waals surface area contributed by atoms with Gasteiger partial charge in [-0.05, 0) is 37.0 Å². The molecule has 2 rings (SSSR count). The maximum atomic E-state index is 9.01. The predicted octanol–water partition coefficient (Wildman–Crippen LogP) is 3.31. The van der Waals surface area contributed by atoms with Crippen LogP contribution in [-0.2, 0) is 0 Å². The van der Waals surface area contributed by atoms with Gasteiger partial charge in [-0.3, -0.25) is 0 Å². The van der Waals surface area contributed by atoms with Crippen LogP contribution in [0.15, 0.2) is 23.8 Å². The van der Waals surface area contributed by atoms with E-state index in [9.17, 15) is 0 Å². The van der Waals surface area contributed by atoms with Crippen molar-refractivity contribution in [3.05, 3.63) is 23.8 Å². The van der Waals surface area contributed by atoms with Crippen LogP contribution >= 0.6 is 0 Å². The van der Waals surface area contributed by atoms with E-state index >= 15 is 0 Å². The molecule has 0 radical (unpaired) electrons. The van der Waals surface area contributed by atoms with Crippen LogP contribution in [0.1, 0.15) is 39.5 Å².